The number of nitro benzene ring substituents is 1. The van der Waals surface area contributed by atoms with E-state index in [0.717, 1.165) is 0 Å². The minimum atomic E-state index is -1.21. The van der Waals surface area contributed by atoms with Crippen LogP contribution in [-0.2, 0) is 0 Å². The smallest absolute Gasteiger partial charge is 0.373 e. The van der Waals surface area contributed by atoms with E-state index in [9.17, 15) is 14.9 Å². The summed E-state index contributed by atoms with van der Waals surface area (Å²) in [5.41, 5.74) is 1.06. The molecule has 0 bridgehead atoms. The van der Waals surface area contributed by atoms with E-state index in [1.807, 2.05) is 0 Å². The molecular formula is C14H14N2O5. The van der Waals surface area contributed by atoms with Crippen LogP contribution in [0.2, 0.25) is 0 Å². The highest BCUT2D eigenvalue weighted by molar-refractivity contribution is 5.86. The molecule has 110 valence electrons. The predicted molar refractivity (Wildman–Crippen MR) is 74.4 cm³/mol. The molecule has 1 heterocycles. The minimum absolute atomic E-state index is 0.0614. The first kappa shape index (κ1) is 14.7. The molecule has 0 aliphatic heterocycles. The van der Waals surface area contributed by atoms with E-state index in [0.29, 0.717) is 16.8 Å². The first-order chi connectivity index (χ1) is 9.82. The van der Waals surface area contributed by atoms with E-state index < -0.39 is 10.9 Å². The van der Waals surface area contributed by atoms with E-state index >= 15 is 0 Å². The minimum Gasteiger partial charge on any atom is -0.475 e. The van der Waals surface area contributed by atoms with Gasteiger partial charge in [-0.3, -0.25) is 10.1 Å². The Balaban J connectivity index is 2.63. The molecule has 1 aromatic heterocycles. The van der Waals surface area contributed by atoms with Crippen LogP contribution >= 0.6 is 0 Å². The van der Waals surface area contributed by atoms with Crippen molar-refractivity contribution in [2.45, 2.75) is 26.7 Å². The molecule has 7 heteroatoms. The van der Waals surface area contributed by atoms with Crippen LogP contribution in [0.3, 0.4) is 0 Å². The number of carboxylic acids is 1. The zero-order valence-electron chi connectivity index (χ0n) is 11.8. The molecule has 0 aliphatic carbocycles. The Hall–Kier alpha value is -2.70. The summed E-state index contributed by atoms with van der Waals surface area (Å²) in [7, 11) is 0. The molecule has 0 fully saturated rings. The van der Waals surface area contributed by atoms with Crippen molar-refractivity contribution in [3.8, 4) is 11.5 Å². The number of rotatable bonds is 4. The zero-order chi connectivity index (χ0) is 15.7. The average molecular weight is 290 g/mol. The summed E-state index contributed by atoms with van der Waals surface area (Å²) in [6, 6.07) is 4.51. The van der Waals surface area contributed by atoms with Crippen LogP contribution in [0.5, 0.6) is 0 Å². The fraction of sp³-hybridized carbons (Fsp3) is 0.286. The summed E-state index contributed by atoms with van der Waals surface area (Å²) in [6.07, 6.45) is 0. The van der Waals surface area contributed by atoms with Crippen LogP contribution in [0, 0.1) is 17.0 Å². The quantitative estimate of drug-likeness (QED) is 0.683. The fourth-order valence-corrected chi connectivity index (χ4v) is 2.04. The Kier molecular flexibility index (Phi) is 3.75. The molecule has 0 radical (unpaired) electrons. The SMILES string of the molecule is Cc1c(-c2nc(C(C)C)c(C(=O)O)o2)cccc1[N+](=O)[O-]. The van der Waals surface area contributed by atoms with Gasteiger partial charge in [0.25, 0.3) is 5.69 Å². The Bertz CT molecular complexity index is 718. The second kappa shape index (κ2) is 5.35. The second-order valence-corrected chi connectivity index (χ2v) is 4.90. The van der Waals surface area contributed by atoms with E-state index in [1.54, 1.807) is 26.8 Å². The lowest BCUT2D eigenvalue weighted by molar-refractivity contribution is -0.385. The van der Waals surface area contributed by atoms with E-state index in [2.05, 4.69) is 4.98 Å². The van der Waals surface area contributed by atoms with Gasteiger partial charge in [0.05, 0.1) is 10.6 Å². The van der Waals surface area contributed by atoms with Crippen LogP contribution in [0.25, 0.3) is 11.5 Å². The fourth-order valence-electron chi connectivity index (χ4n) is 2.04. The Morgan fingerprint density at radius 1 is 1.43 bits per heavy atom. The first-order valence-electron chi connectivity index (χ1n) is 6.31. The van der Waals surface area contributed by atoms with Gasteiger partial charge in [0.2, 0.25) is 11.7 Å². The molecule has 0 unspecified atom stereocenters. The number of oxazole rings is 1. The number of carbonyl (C=O) groups is 1. The molecule has 0 aliphatic rings. The maximum Gasteiger partial charge on any atom is 0.373 e. The van der Waals surface area contributed by atoms with Crippen molar-refractivity contribution in [3.05, 3.63) is 45.3 Å². The summed E-state index contributed by atoms with van der Waals surface area (Å²) in [5, 5.41) is 20.1. The average Bonchev–Trinajstić information content (AvgIpc) is 2.83. The van der Waals surface area contributed by atoms with Crippen LogP contribution in [0.4, 0.5) is 5.69 Å². The van der Waals surface area contributed by atoms with Gasteiger partial charge < -0.3 is 9.52 Å². The van der Waals surface area contributed by atoms with E-state index in [-0.39, 0.29) is 23.3 Å². The number of hydrogen-bond acceptors (Lipinski definition) is 5. The number of aromatic nitrogens is 1. The van der Waals surface area contributed by atoms with Crippen molar-refractivity contribution >= 4 is 11.7 Å². The van der Waals surface area contributed by atoms with Crippen molar-refractivity contribution in [3.63, 3.8) is 0 Å². The van der Waals surface area contributed by atoms with E-state index in [4.69, 9.17) is 9.52 Å². The second-order valence-electron chi connectivity index (χ2n) is 4.90. The molecule has 0 saturated carbocycles. The van der Waals surface area contributed by atoms with Gasteiger partial charge in [0.1, 0.15) is 0 Å². The standard InChI is InChI=1S/C14H14N2O5/c1-7(2)11-12(14(17)18)21-13(15-11)9-5-4-6-10(8(9)3)16(19)20/h4-7H,1-3H3,(H,17,18). The molecule has 0 spiro atoms. The molecule has 7 nitrogen and oxygen atoms in total. The van der Waals surface area contributed by atoms with Crippen molar-refractivity contribution in [2.24, 2.45) is 0 Å². The van der Waals surface area contributed by atoms with Gasteiger partial charge in [-0.05, 0) is 18.9 Å². The lowest BCUT2D eigenvalue weighted by Gasteiger charge is -2.02. The molecule has 21 heavy (non-hydrogen) atoms. The maximum absolute atomic E-state index is 11.2. The van der Waals surface area contributed by atoms with Crippen molar-refractivity contribution in [1.82, 2.24) is 4.98 Å². The number of aromatic carboxylic acids is 1. The van der Waals surface area contributed by atoms with Crippen LogP contribution in [-0.4, -0.2) is 21.0 Å². The lowest BCUT2D eigenvalue weighted by Crippen LogP contribution is -2.01. The molecular weight excluding hydrogens is 276 g/mol. The normalized spacial score (nSPS) is 10.9. The molecule has 2 rings (SSSR count). The topological polar surface area (TPSA) is 106 Å². The van der Waals surface area contributed by atoms with Crippen molar-refractivity contribution in [2.75, 3.05) is 0 Å². The van der Waals surface area contributed by atoms with Crippen LogP contribution < -0.4 is 0 Å². The largest absolute Gasteiger partial charge is 0.475 e. The van der Waals surface area contributed by atoms with Crippen LogP contribution in [0.1, 0.15) is 41.6 Å². The molecule has 2 aromatic rings. The highest BCUT2D eigenvalue weighted by Gasteiger charge is 2.24. The molecule has 1 N–H and O–H groups in total. The number of nitro groups is 1. The third kappa shape index (κ3) is 2.62. The summed E-state index contributed by atoms with van der Waals surface area (Å²) in [5.74, 6) is -1.49. The van der Waals surface area contributed by atoms with Gasteiger partial charge >= 0.3 is 5.97 Å². The number of nitrogens with zero attached hydrogens (tertiary/aromatic N) is 2. The van der Waals surface area contributed by atoms with Gasteiger partial charge in [-0.2, -0.15) is 0 Å². The monoisotopic (exact) mass is 290 g/mol. The van der Waals surface area contributed by atoms with Crippen molar-refractivity contribution < 1.29 is 19.2 Å². The molecule has 0 amide bonds. The number of hydrogen-bond donors (Lipinski definition) is 1. The predicted octanol–water partition coefficient (Wildman–Crippen LogP) is 3.38. The molecule has 0 saturated heterocycles. The highest BCUT2D eigenvalue weighted by atomic mass is 16.6. The van der Waals surface area contributed by atoms with Gasteiger partial charge in [0.15, 0.2) is 0 Å². The first-order valence-corrected chi connectivity index (χ1v) is 6.31. The number of benzene rings is 1. The third-order valence-corrected chi connectivity index (χ3v) is 3.13. The lowest BCUT2D eigenvalue weighted by atomic mass is 10.1. The van der Waals surface area contributed by atoms with Gasteiger partial charge in [0, 0.05) is 17.2 Å². The van der Waals surface area contributed by atoms with Gasteiger partial charge in [-0.25, -0.2) is 9.78 Å². The highest BCUT2D eigenvalue weighted by Crippen LogP contribution is 2.32. The summed E-state index contributed by atoms with van der Waals surface area (Å²) in [4.78, 5) is 25.8. The Morgan fingerprint density at radius 3 is 2.57 bits per heavy atom. The third-order valence-electron chi connectivity index (χ3n) is 3.13. The summed E-state index contributed by atoms with van der Waals surface area (Å²) < 4.78 is 5.31. The van der Waals surface area contributed by atoms with Crippen LogP contribution in [0.15, 0.2) is 22.6 Å². The molecule has 1 aromatic carbocycles. The summed E-state index contributed by atoms with van der Waals surface area (Å²) >= 11 is 0. The van der Waals surface area contributed by atoms with Gasteiger partial charge in [-0.15, -0.1) is 0 Å². The Morgan fingerprint density at radius 2 is 2.10 bits per heavy atom. The maximum atomic E-state index is 11.2. The molecule has 0 atom stereocenters. The Labute approximate surface area is 120 Å². The zero-order valence-corrected chi connectivity index (χ0v) is 11.8. The summed E-state index contributed by atoms with van der Waals surface area (Å²) in [6.45, 7) is 5.18. The van der Waals surface area contributed by atoms with E-state index in [1.165, 1.54) is 12.1 Å². The number of carboxylic acid groups (broad SMARTS) is 1. The van der Waals surface area contributed by atoms with Gasteiger partial charge in [-0.1, -0.05) is 19.9 Å². The van der Waals surface area contributed by atoms with Crippen molar-refractivity contribution in [1.29, 1.82) is 0 Å².